The van der Waals surface area contributed by atoms with Crippen LogP contribution in [0.25, 0.3) is 0 Å². The number of ketones is 4. The lowest BCUT2D eigenvalue weighted by molar-refractivity contribution is -0.142. The summed E-state index contributed by atoms with van der Waals surface area (Å²) in [5.74, 6) is 2.59. The van der Waals surface area contributed by atoms with Crippen LogP contribution >= 0.6 is 0 Å². The van der Waals surface area contributed by atoms with Gasteiger partial charge in [0.1, 0.15) is 23.1 Å². The van der Waals surface area contributed by atoms with E-state index in [1.807, 2.05) is 43.3 Å². The maximum absolute atomic E-state index is 14.4. The van der Waals surface area contributed by atoms with Gasteiger partial charge in [0, 0.05) is 48.9 Å². The van der Waals surface area contributed by atoms with Crippen LogP contribution in [0.5, 0.6) is 0 Å². The first kappa shape index (κ1) is 34.0. The Morgan fingerprint density at radius 2 is 1.26 bits per heavy atom. The van der Waals surface area contributed by atoms with Gasteiger partial charge in [0.25, 0.3) is 0 Å². The Morgan fingerprint density at radius 1 is 0.660 bits per heavy atom. The highest BCUT2D eigenvalue weighted by Crippen LogP contribution is 2.45. The summed E-state index contributed by atoms with van der Waals surface area (Å²) >= 11 is 0. The van der Waals surface area contributed by atoms with Gasteiger partial charge in [-0.1, -0.05) is 93.6 Å². The molecule has 4 nitrogen and oxygen atoms in total. The Hall–Kier alpha value is -2.88. The fourth-order valence-corrected chi connectivity index (χ4v) is 10.0. The number of benzene rings is 2. The van der Waals surface area contributed by atoms with Gasteiger partial charge in [-0.05, 0) is 98.7 Å². The van der Waals surface area contributed by atoms with E-state index in [4.69, 9.17) is 0 Å². The molecule has 4 aliphatic carbocycles. The number of hydrogen-bond acceptors (Lipinski definition) is 4. The van der Waals surface area contributed by atoms with E-state index in [0.29, 0.717) is 31.0 Å². The standard InChI is InChI=1S/C43H56O4/c1-43(28-38(44)25-16-30-10-4-2-5-11-30,42(47)35-23-17-32(18-24-35)31-12-6-3-7-13-31)29-41(46)34-21-19-33(20-22-34)39-26-36-14-8-9-15-37(36)27-40(39)45/h2,4-5,8-11,14-15,31-35,39H,3,6-7,12-13,16-29H2,1H3. The van der Waals surface area contributed by atoms with Crippen LogP contribution in [-0.2, 0) is 38.4 Å². The summed E-state index contributed by atoms with van der Waals surface area (Å²) in [5.41, 5.74) is 2.66. The summed E-state index contributed by atoms with van der Waals surface area (Å²) in [6.07, 6.45) is 16.9. The first-order valence-electron chi connectivity index (χ1n) is 19.0. The predicted octanol–water partition coefficient (Wildman–Crippen LogP) is 9.29. The minimum atomic E-state index is -0.937. The molecule has 0 radical (unpaired) electrons. The maximum Gasteiger partial charge on any atom is 0.142 e. The molecule has 2 aromatic carbocycles. The van der Waals surface area contributed by atoms with Crippen molar-refractivity contribution >= 4 is 23.1 Å². The van der Waals surface area contributed by atoms with E-state index in [0.717, 1.165) is 75.2 Å². The molecule has 0 saturated heterocycles. The molecule has 0 aromatic heterocycles. The lowest BCUT2D eigenvalue weighted by atomic mass is 9.64. The van der Waals surface area contributed by atoms with E-state index >= 15 is 0 Å². The van der Waals surface area contributed by atoms with Gasteiger partial charge in [-0.15, -0.1) is 0 Å². The SMILES string of the molecule is CC(CC(=O)CCc1ccccc1)(CC(=O)C1CCC(C2Cc3ccccc3CC2=O)CC1)C(=O)C1CCC(C2CCCCC2)CC1. The highest BCUT2D eigenvalue weighted by Gasteiger charge is 2.44. The summed E-state index contributed by atoms with van der Waals surface area (Å²) in [4.78, 5) is 55.0. The van der Waals surface area contributed by atoms with E-state index in [9.17, 15) is 19.2 Å². The van der Waals surface area contributed by atoms with Crippen LogP contribution in [0.3, 0.4) is 0 Å². The highest BCUT2D eigenvalue weighted by atomic mass is 16.1. The van der Waals surface area contributed by atoms with Crippen molar-refractivity contribution in [3.05, 3.63) is 71.3 Å². The Morgan fingerprint density at radius 3 is 1.96 bits per heavy atom. The normalized spacial score (nSPS) is 28.2. The summed E-state index contributed by atoms with van der Waals surface area (Å²) in [7, 11) is 0. The van der Waals surface area contributed by atoms with Crippen LogP contribution in [0, 0.1) is 40.9 Å². The zero-order valence-electron chi connectivity index (χ0n) is 28.7. The summed E-state index contributed by atoms with van der Waals surface area (Å²) in [6, 6.07) is 18.4. The first-order valence-corrected chi connectivity index (χ1v) is 19.0. The van der Waals surface area contributed by atoms with Crippen molar-refractivity contribution in [2.45, 2.75) is 129 Å². The lowest BCUT2D eigenvalue weighted by Gasteiger charge is -2.39. The van der Waals surface area contributed by atoms with Crippen molar-refractivity contribution < 1.29 is 19.2 Å². The molecule has 0 amide bonds. The number of aryl methyl sites for hydroxylation is 1. The van der Waals surface area contributed by atoms with Crippen molar-refractivity contribution in [1.29, 1.82) is 0 Å². The molecule has 2 unspecified atom stereocenters. The second kappa shape index (κ2) is 15.6. The molecule has 4 aliphatic rings. The second-order valence-corrected chi connectivity index (χ2v) is 16.1. The van der Waals surface area contributed by atoms with Gasteiger partial charge < -0.3 is 0 Å². The van der Waals surface area contributed by atoms with Gasteiger partial charge in [0.05, 0.1) is 0 Å². The zero-order valence-corrected chi connectivity index (χ0v) is 28.7. The van der Waals surface area contributed by atoms with Crippen LogP contribution in [0.2, 0.25) is 0 Å². The molecule has 0 N–H and O–H groups in total. The van der Waals surface area contributed by atoms with Crippen LogP contribution in [0.1, 0.15) is 126 Å². The average molecular weight is 637 g/mol. The molecule has 3 fully saturated rings. The maximum atomic E-state index is 14.4. The van der Waals surface area contributed by atoms with Crippen molar-refractivity contribution in [3.63, 3.8) is 0 Å². The molecule has 2 aromatic rings. The second-order valence-electron chi connectivity index (χ2n) is 16.1. The number of Topliss-reactive ketones (excluding diaryl/α,β-unsaturated/α-hetero) is 4. The molecular formula is C43H56O4. The molecule has 0 aliphatic heterocycles. The summed E-state index contributed by atoms with van der Waals surface area (Å²) in [6.45, 7) is 1.94. The molecule has 3 saturated carbocycles. The largest absolute Gasteiger partial charge is 0.300 e. The molecule has 47 heavy (non-hydrogen) atoms. The number of carbonyl (C=O) groups excluding carboxylic acids is 4. The minimum absolute atomic E-state index is 0.0366. The number of rotatable bonds is 12. The van der Waals surface area contributed by atoms with Crippen molar-refractivity contribution in [2.24, 2.45) is 40.9 Å². The molecule has 6 rings (SSSR count). The zero-order chi connectivity index (χ0) is 32.8. The quantitative estimate of drug-likeness (QED) is 0.233. The third kappa shape index (κ3) is 8.41. The average Bonchev–Trinajstić information content (AvgIpc) is 3.11. The molecular weight excluding hydrogens is 580 g/mol. The topological polar surface area (TPSA) is 68.3 Å². The van der Waals surface area contributed by atoms with Crippen LogP contribution in [-0.4, -0.2) is 23.1 Å². The number of carbonyl (C=O) groups is 4. The van der Waals surface area contributed by atoms with E-state index in [2.05, 4.69) is 18.2 Å². The van der Waals surface area contributed by atoms with Gasteiger partial charge in [0.2, 0.25) is 0 Å². The molecule has 252 valence electrons. The van der Waals surface area contributed by atoms with Crippen LogP contribution in [0.15, 0.2) is 54.6 Å². The van der Waals surface area contributed by atoms with Gasteiger partial charge in [-0.25, -0.2) is 0 Å². The molecule has 2 atom stereocenters. The predicted molar refractivity (Wildman–Crippen MR) is 187 cm³/mol. The van der Waals surface area contributed by atoms with Gasteiger partial charge in [0.15, 0.2) is 0 Å². The van der Waals surface area contributed by atoms with E-state index in [-0.39, 0.29) is 47.9 Å². The smallest absolute Gasteiger partial charge is 0.142 e. The first-order chi connectivity index (χ1) is 22.8. The van der Waals surface area contributed by atoms with Crippen molar-refractivity contribution in [1.82, 2.24) is 0 Å². The molecule has 0 heterocycles. The van der Waals surface area contributed by atoms with Crippen molar-refractivity contribution in [3.8, 4) is 0 Å². The van der Waals surface area contributed by atoms with Crippen LogP contribution in [0.4, 0.5) is 0 Å². The molecule has 4 heteroatoms. The summed E-state index contributed by atoms with van der Waals surface area (Å²) in [5, 5.41) is 0. The Balaban J connectivity index is 1.08. The third-order valence-electron chi connectivity index (χ3n) is 12.9. The van der Waals surface area contributed by atoms with Crippen LogP contribution < -0.4 is 0 Å². The highest BCUT2D eigenvalue weighted by molar-refractivity contribution is 5.96. The Labute approximate surface area is 282 Å². The van der Waals surface area contributed by atoms with E-state index < -0.39 is 5.41 Å². The third-order valence-corrected chi connectivity index (χ3v) is 12.9. The van der Waals surface area contributed by atoms with Crippen molar-refractivity contribution in [2.75, 3.05) is 0 Å². The van der Waals surface area contributed by atoms with Gasteiger partial charge >= 0.3 is 0 Å². The Bertz CT molecular complexity index is 1390. The Kier molecular flexibility index (Phi) is 11.3. The van der Waals surface area contributed by atoms with E-state index in [1.165, 1.54) is 43.2 Å². The molecule has 0 bridgehead atoms. The summed E-state index contributed by atoms with van der Waals surface area (Å²) < 4.78 is 0. The number of hydrogen-bond donors (Lipinski definition) is 0. The molecule has 0 spiro atoms. The van der Waals surface area contributed by atoms with Gasteiger partial charge in [-0.2, -0.15) is 0 Å². The number of fused-ring (bicyclic) bond motifs is 1. The minimum Gasteiger partial charge on any atom is -0.300 e. The monoisotopic (exact) mass is 636 g/mol. The van der Waals surface area contributed by atoms with Gasteiger partial charge in [-0.3, -0.25) is 19.2 Å². The fraction of sp³-hybridized carbons (Fsp3) is 0.628. The van der Waals surface area contributed by atoms with E-state index in [1.54, 1.807) is 0 Å². The lowest BCUT2D eigenvalue weighted by Crippen LogP contribution is -2.41. The fourth-order valence-electron chi connectivity index (χ4n) is 10.0.